The zero-order chi connectivity index (χ0) is 11.7. The normalized spacial score (nSPS) is 10.6. The van der Waals surface area contributed by atoms with Crippen LogP contribution in [0, 0.1) is 6.92 Å². The summed E-state index contributed by atoms with van der Waals surface area (Å²) in [6, 6.07) is 9.54. The molecule has 0 radical (unpaired) electrons. The Morgan fingerprint density at radius 2 is 1.94 bits per heavy atom. The van der Waals surface area contributed by atoms with Crippen LogP contribution in [0.25, 0.3) is 10.3 Å². The second-order valence-electron chi connectivity index (χ2n) is 3.48. The number of aromatic nitrogens is 3. The highest BCUT2D eigenvalue weighted by Crippen LogP contribution is 2.28. The molecule has 0 aliphatic rings. The number of rotatable bonds is 2. The SMILES string of the molecule is Cc1nc2c(Oc3ccccc3)ncnc2s1. The standard InChI is InChI=1S/C12H9N3OS/c1-8-15-10-11(13-7-14-12(10)17-8)16-9-5-3-2-4-6-9/h2-7H,1H3. The molecule has 0 spiro atoms. The highest BCUT2D eigenvalue weighted by atomic mass is 32.1. The largest absolute Gasteiger partial charge is 0.437 e. The van der Waals surface area contributed by atoms with E-state index in [4.69, 9.17) is 4.74 Å². The second-order valence-corrected chi connectivity index (χ2v) is 4.66. The Balaban J connectivity index is 2.06. The van der Waals surface area contributed by atoms with Crippen molar-refractivity contribution in [2.24, 2.45) is 0 Å². The summed E-state index contributed by atoms with van der Waals surface area (Å²) in [6.45, 7) is 1.94. The molecular weight excluding hydrogens is 234 g/mol. The van der Waals surface area contributed by atoms with E-state index >= 15 is 0 Å². The van der Waals surface area contributed by atoms with Crippen molar-refractivity contribution >= 4 is 21.7 Å². The molecule has 3 aromatic rings. The van der Waals surface area contributed by atoms with Crippen molar-refractivity contribution in [1.82, 2.24) is 15.0 Å². The molecular formula is C12H9N3OS. The molecule has 3 rings (SSSR count). The van der Waals surface area contributed by atoms with Gasteiger partial charge in [-0.3, -0.25) is 0 Å². The number of hydrogen-bond donors (Lipinski definition) is 0. The number of benzene rings is 1. The van der Waals surface area contributed by atoms with Gasteiger partial charge in [0.2, 0.25) is 5.88 Å². The highest BCUT2D eigenvalue weighted by Gasteiger charge is 2.10. The average Bonchev–Trinajstić information content (AvgIpc) is 2.72. The summed E-state index contributed by atoms with van der Waals surface area (Å²) in [4.78, 5) is 13.5. The van der Waals surface area contributed by atoms with Gasteiger partial charge in [-0.1, -0.05) is 29.5 Å². The molecule has 5 heteroatoms. The lowest BCUT2D eigenvalue weighted by molar-refractivity contribution is 0.467. The van der Waals surface area contributed by atoms with Gasteiger partial charge in [-0.05, 0) is 19.1 Å². The van der Waals surface area contributed by atoms with E-state index in [1.807, 2.05) is 37.3 Å². The van der Waals surface area contributed by atoms with E-state index in [0.717, 1.165) is 21.1 Å². The van der Waals surface area contributed by atoms with Crippen molar-refractivity contribution in [3.8, 4) is 11.6 Å². The quantitative estimate of drug-likeness (QED) is 0.693. The van der Waals surface area contributed by atoms with E-state index in [9.17, 15) is 0 Å². The Morgan fingerprint density at radius 1 is 1.12 bits per heavy atom. The van der Waals surface area contributed by atoms with Gasteiger partial charge in [0, 0.05) is 0 Å². The first-order chi connectivity index (χ1) is 8.33. The molecule has 0 atom stereocenters. The van der Waals surface area contributed by atoms with Crippen molar-refractivity contribution in [2.45, 2.75) is 6.92 Å². The van der Waals surface area contributed by atoms with E-state index in [1.54, 1.807) is 0 Å². The van der Waals surface area contributed by atoms with Crippen LogP contribution in [0.2, 0.25) is 0 Å². The predicted octanol–water partition coefficient (Wildman–Crippen LogP) is 3.19. The van der Waals surface area contributed by atoms with Crippen LogP contribution in [0.15, 0.2) is 36.7 Å². The van der Waals surface area contributed by atoms with Gasteiger partial charge in [-0.2, -0.15) is 4.98 Å². The molecule has 0 amide bonds. The topological polar surface area (TPSA) is 47.9 Å². The van der Waals surface area contributed by atoms with E-state index in [1.165, 1.54) is 17.7 Å². The van der Waals surface area contributed by atoms with Crippen LogP contribution in [-0.4, -0.2) is 15.0 Å². The predicted molar refractivity (Wildman–Crippen MR) is 66.5 cm³/mol. The summed E-state index contributed by atoms with van der Waals surface area (Å²) in [5.41, 5.74) is 0.721. The molecule has 0 aliphatic carbocycles. The van der Waals surface area contributed by atoms with Crippen molar-refractivity contribution in [3.05, 3.63) is 41.7 Å². The average molecular weight is 243 g/mol. The van der Waals surface area contributed by atoms with Crippen molar-refractivity contribution in [3.63, 3.8) is 0 Å². The third-order valence-corrected chi connectivity index (χ3v) is 3.11. The first kappa shape index (κ1) is 10.2. The first-order valence-corrected chi connectivity index (χ1v) is 5.95. The number of thiazole rings is 1. The summed E-state index contributed by atoms with van der Waals surface area (Å²) >= 11 is 1.53. The minimum absolute atomic E-state index is 0.505. The number of hydrogen-bond acceptors (Lipinski definition) is 5. The molecule has 4 nitrogen and oxygen atoms in total. The number of fused-ring (bicyclic) bond motifs is 1. The van der Waals surface area contributed by atoms with Gasteiger partial charge in [0.1, 0.15) is 12.1 Å². The molecule has 0 saturated heterocycles. The van der Waals surface area contributed by atoms with Gasteiger partial charge >= 0.3 is 0 Å². The number of ether oxygens (including phenoxy) is 1. The molecule has 0 fully saturated rings. The summed E-state index contributed by atoms with van der Waals surface area (Å²) < 4.78 is 5.70. The van der Waals surface area contributed by atoms with Gasteiger partial charge in [-0.25, -0.2) is 9.97 Å². The van der Waals surface area contributed by atoms with E-state index < -0.39 is 0 Å². The van der Waals surface area contributed by atoms with Gasteiger partial charge in [-0.15, -0.1) is 0 Å². The maximum atomic E-state index is 5.70. The first-order valence-electron chi connectivity index (χ1n) is 5.14. The fourth-order valence-corrected chi connectivity index (χ4v) is 2.26. The molecule has 2 aromatic heterocycles. The van der Waals surface area contributed by atoms with Gasteiger partial charge in [0.05, 0.1) is 5.01 Å². The van der Waals surface area contributed by atoms with Crippen LogP contribution >= 0.6 is 11.3 Å². The van der Waals surface area contributed by atoms with E-state index in [2.05, 4.69) is 15.0 Å². The number of nitrogens with zero attached hydrogens (tertiary/aromatic N) is 3. The zero-order valence-corrected chi connectivity index (χ0v) is 9.94. The lowest BCUT2D eigenvalue weighted by Gasteiger charge is -2.03. The van der Waals surface area contributed by atoms with E-state index in [0.29, 0.717) is 5.88 Å². The second kappa shape index (κ2) is 4.10. The highest BCUT2D eigenvalue weighted by molar-refractivity contribution is 7.18. The van der Waals surface area contributed by atoms with Crippen molar-refractivity contribution < 1.29 is 4.74 Å². The minimum atomic E-state index is 0.505. The smallest absolute Gasteiger partial charge is 0.250 e. The molecule has 0 saturated carbocycles. The summed E-state index contributed by atoms with van der Waals surface area (Å²) in [7, 11) is 0. The summed E-state index contributed by atoms with van der Waals surface area (Å²) in [5, 5.41) is 0.957. The maximum Gasteiger partial charge on any atom is 0.250 e. The van der Waals surface area contributed by atoms with Crippen LogP contribution in [0.5, 0.6) is 11.6 Å². The summed E-state index contributed by atoms with van der Waals surface area (Å²) in [6.07, 6.45) is 1.50. The number of aryl methyl sites for hydroxylation is 1. The van der Waals surface area contributed by atoms with Crippen molar-refractivity contribution in [2.75, 3.05) is 0 Å². The van der Waals surface area contributed by atoms with Crippen LogP contribution < -0.4 is 4.74 Å². The van der Waals surface area contributed by atoms with Crippen LogP contribution in [0.4, 0.5) is 0 Å². The van der Waals surface area contributed by atoms with Gasteiger partial charge < -0.3 is 4.74 Å². The minimum Gasteiger partial charge on any atom is -0.437 e. The Labute approximate surface area is 102 Å². The molecule has 84 valence electrons. The fourth-order valence-electron chi connectivity index (χ4n) is 1.51. The lowest BCUT2D eigenvalue weighted by Crippen LogP contribution is -1.90. The molecule has 1 aromatic carbocycles. The zero-order valence-electron chi connectivity index (χ0n) is 9.12. The molecule has 2 heterocycles. The Bertz CT molecular complexity index is 651. The molecule has 17 heavy (non-hydrogen) atoms. The molecule has 0 N–H and O–H groups in total. The Hall–Kier alpha value is -2.01. The van der Waals surface area contributed by atoms with Gasteiger partial charge in [0.25, 0.3) is 0 Å². The third kappa shape index (κ3) is 1.97. The monoisotopic (exact) mass is 243 g/mol. The summed E-state index contributed by atoms with van der Waals surface area (Å²) in [5.74, 6) is 1.25. The van der Waals surface area contributed by atoms with Crippen LogP contribution in [0.3, 0.4) is 0 Å². The Kier molecular flexibility index (Phi) is 2.45. The maximum absolute atomic E-state index is 5.70. The fraction of sp³-hybridized carbons (Fsp3) is 0.0833. The Morgan fingerprint density at radius 3 is 2.76 bits per heavy atom. The van der Waals surface area contributed by atoms with E-state index in [-0.39, 0.29) is 0 Å². The molecule has 0 unspecified atom stereocenters. The van der Waals surface area contributed by atoms with Crippen molar-refractivity contribution in [1.29, 1.82) is 0 Å². The van der Waals surface area contributed by atoms with Gasteiger partial charge in [0.15, 0.2) is 10.3 Å². The number of para-hydroxylation sites is 1. The molecule has 0 bridgehead atoms. The lowest BCUT2D eigenvalue weighted by atomic mass is 10.3. The third-order valence-electron chi connectivity index (χ3n) is 2.23. The van der Waals surface area contributed by atoms with Crippen LogP contribution in [0.1, 0.15) is 5.01 Å². The van der Waals surface area contributed by atoms with Crippen LogP contribution in [-0.2, 0) is 0 Å². The molecule has 0 aliphatic heterocycles.